The summed E-state index contributed by atoms with van der Waals surface area (Å²) < 4.78 is 33.0. The Balaban J connectivity index is 1.38. The van der Waals surface area contributed by atoms with Gasteiger partial charge in [0.25, 0.3) is 0 Å². The molecule has 0 spiro atoms. The lowest BCUT2D eigenvalue weighted by Crippen LogP contribution is -2.67. The second-order valence-corrected chi connectivity index (χ2v) is 11.5. The van der Waals surface area contributed by atoms with E-state index in [-0.39, 0.29) is 13.2 Å². The molecule has 46 heavy (non-hydrogen) atoms. The van der Waals surface area contributed by atoms with Crippen LogP contribution < -0.4 is 4.74 Å². The molecule has 236 valence electrons. The van der Waals surface area contributed by atoms with Gasteiger partial charge in [0.2, 0.25) is 0 Å². The first-order chi connectivity index (χ1) is 22.7. The van der Waals surface area contributed by atoms with Crippen LogP contribution in [0.5, 0.6) is 5.75 Å². The third-order valence-electron chi connectivity index (χ3n) is 8.22. The largest absolute Gasteiger partial charge is 0.485 e. The van der Waals surface area contributed by atoms with Crippen molar-refractivity contribution in [2.45, 2.75) is 56.4 Å². The Kier molecular flexibility index (Phi) is 10.9. The van der Waals surface area contributed by atoms with Crippen LogP contribution in [0, 0.1) is 0 Å². The molecule has 6 atom stereocenters. The van der Waals surface area contributed by atoms with Crippen molar-refractivity contribution in [3.63, 3.8) is 0 Å². The summed E-state index contributed by atoms with van der Waals surface area (Å²) in [6.45, 7) is 4.95. The molecule has 0 heterocycles. The number of rotatable bonds is 14. The van der Waals surface area contributed by atoms with Crippen molar-refractivity contribution in [1.82, 2.24) is 0 Å². The van der Waals surface area contributed by atoms with E-state index in [0.717, 1.165) is 27.5 Å². The molecule has 6 heteroatoms. The van der Waals surface area contributed by atoms with Crippen LogP contribution in [0.3, 0.4) is 0 Å². The van der Waals surface area contributed by atoms with E-state index < -0.39 is 36.6 Å². The van der Waals surface area contributed by atoms with Crippen LogP contribution in [0.15, 0.2) is 146 Å². The Morgan fingerprint density at radius 3 is 1.50 bits per heavy atom. The van der Waals surface area contributed by atoms with E-state index in [4.69, 9.17) is 23.7 Å². The van der Waals surface area contributed by atoms with Crippen LogP contribution in [0.1, 0.15) is 16.7 Å². The molecule has 6 rings (SSSR count). The molecule has 0 bridgehead atoms. The van der Waals surface area contributed by atoms with Gasteiger partial charge in [0.1, 0.15) is 36.3 Å². The number of aliphatic hydroxyl groups excluding tert-OH is 1. The van der Waals surface area contributed by atoms with Gasteiger partial charge < -0.3 is 28.8 Å². The summed E-state index contributed by atoms with van der Waals surface area (Å²) in [4.78, 5) is 0. The standard InChI is InChI=1S/C40H40O6/c1-2-24-42-37-35(41)36(43-26-29-14-6-3-7-15-29)38(44-27-30-16-8-4-9-17-30)39(45-28-31-18-10-5-11-19-31)40(37)46-34-23-22-32-20-12-13-21-33(32)25-34/h2-23,25,35-41H,1,24,26-28H2/t35-,36-,37+,38+,39-,40+/m1/s1. The molecule has 1 aliphatic carbocycles. The Morgan fingerprint density at radius 2 is 0.957 bits per heavy atom. The summed E-state index contributed by atoms with van der Waals surface area (Å²) in [6.07, 6.45) is -3.12. The molecule has 0 unspecified atom stereocenters. The third kappa shape index (κ3) is 7.91. The molecule has 6 nitrogen and oxygen atoms in total. The highest BCUT2D eigenvalue weighted by Crippen LogP contribution is 2.35. The van der Waals surface area contributed by atoms with E-state index in [0.29, 0.717) is 19.0 Å². The molecule has 0 amide bonds. The average Bonchev–Trinajstić information content (AvgIpc) is 3.11. The van der Waals surface area contributed by atoms with Gasteiger partial charge in [0, 0.05) is 0 Å². The predicted molar refractivity (Wildman–Crippen MR) is 179 cm³/mol. The molecule has 0 radical (unpaired) electrons. The molecule has 1 aliphatic rings. The van der Waals surface area contributed by atoms with Gasteiger partial charge in [-0.05, 0) is 39.6 Å². The van der Waals surface area contributed by atoms with E-state index in [2.05, 4.69) is 12.6 Å². The fourth-order valence-electron chi connectivity index (χ4n) is 5.91. The minimum atomic E-state index is -1.09. The first kappa shape index (κ1) is 31.7. The summed E-state index contributed by atoms with van der Waals surface area (Å²) >= 11 is 0. The van der Waals surface area contributed by atoms with Crippen molar-refractivity contribution >= 4 is 10.8 Å². The van der Waals surface area contributed by atoms with E-state index in [1.54, 1.807) is 6.08 Å². The molecule has 5 aromatic rings. The highest BCUT2D eigenvalue weighted by atomic mass is 16.6. The quantitative estimate of drug-likeness (QED) is 0.132. The zero-order valence-electron chi connectivity index (χ0n) is 25.8. The van der Waals surface area contributed by atoms with Crippen LogP contribution in [-0.2, 0) is 38.8 Å². The van der Waals surface area contributed by atoms with E-state index in [1.165, 1.54) is 0 Å². The van der Waals surface area contributed by atoms with Gasteiger partial charge in [-0.2, -0.15) is 0 Å². The van der Waals surface area contributed by atoms with Crippen LogP contribution in [0.4, 0.5) is 0 Å². The molecule has 1 fully saturated rings. The summed E-state index contributed by atoms with van der Waals surface area (Å²) in [6, 6.07) is 43.9. The summed E-state index contributed by atoms with van der Waals surface area (Å²) in [5.74, 6) is 0.641. The van der Waals surface area contributed by atoms with Gasteiger partial charge in [-0.1, -0.05) is 127 Å². The minimum Gasteiger partial charge on any atom is -0.485 e. The maximum atomic E-state index is 12.0. The number of ether oxygens (including phenoxy) is 5. The number of fused-ring (bicyclic) bond motifs is 1. The number of hydrogen-bond donors (Lipinski definition) is 1. The van der Waals surface area contributed by atoms with Crippen molar-refractivity contribution in [3.05, 3.63) is 163 Å². The normalized spacial score (nSPS) is 22.8. The zero-order chi connectivity index (χ0) is 31.6. The molecule has 1 saturated carbocycles. The molecule has 0 aromatic heterocycles. The third-order valence-corrected chi connectivity index (χ3v) is 8.22. The minimum absolute atomic E-state index is 0.214. The maximum Gasteiger partial charge on any atom is 0.156 e. The van der Waals surface area contributed by atoms with Gasteiger partial charge in [0.05, 0.1) is 26.4 Å². The lowest BCUT2D eigenvalue weighted by atomic mass is 9.83. The zero-order valence-corrected chi connectivity index (χ0v) is 25.8. The summed E-state index contributed by atoms with van der Waals surface area (Å²) in [7, 11) is 0. The summed E-state index contributed by atoms with van der Waals surface area (Å²) in [5, 5.41) is 14.2. The van der Waals surface area contributed by atoms with Crippen molar-refractivity contribution < 1.29 is 28.8 Å². The molecule has 0 saturated heterocycles. The van der Waals surface area contributed by atoms with Crippen LogP contribution in [-0.4, -0.2) is 48.3 Å². The Labute approximate surface area is 270 Å². The molecule has 1 N–H and O–H groups in total. The molecular weight excluding hydrogens is 576 g/mol. The lowest BCUT2D eigenvalue weighted by molar-refractivity contribution is -0.265. The fourth-order valence-corrected chi connectivity index (χ4v) is 5.91. The first-order valence-electron chi connectivity index (χ1n) is 15.7. The summed E-state index contributed by atoms with van der Waals surface area (Å²) in [5.41, 5.74) is 2.99. The van der Waals surface area contributed by atoms with E-state index in [1.807, 2.05) is 127 Å². The van der Waals surface area contributed by atoms with Gasteiger partial charge in [-0.3, -0.25) is 0 Å². The lowest BCUT2D eigenvalue weighted by Gasteiger charge is -2.48. The predicted octanol–water partition coefficient (Wildman–Crippen LogP) is 7.29. The van der Waals surface area contributed by atoms with Gasteiger partial charge in [0.15, 0.2) is 6.10 Å². The molecule has 0 aliphatic heterocycles. The number of hydrogen-bond acceptors (Lipinski definition) is 6. The molecule has 5 aromatic carbocycles. The van der Waals surface area contributed by atoms with Crippen LogP contribution >= 0.6 is 0 Å². The van der Waals surface area contributed by atoms with Crippen LogP contribution in [0.25, 0.3) is 10.8 Å². The van der Waals surface area contributed by atoms with Crippen molar-refractivity contribution in [1.29, 1.82) is 0 Å². The second-order valence-electron chi connectivity index (χ2n) is 11.5. The fraction of sp³-hybridized carbons (Fsp3) is 0.250. The maximum absolute atomic E-state index is 12.0. The van der Waals surface area contributed by atoms with Gasteiger partial charge in [-0.15, -0.1) is 6.58 Å². The van der Waals surface area contributed by atoms with Crippen molar-refractivity contribution in [3.8, 4) is 5.75 Å². The van der Waals surface area contributed by atoms with E-state index in [9.17, 15) is 5.11 Å². The van der Waals surface area contributed by atoms with Gasteiger partial charge in [-0.25, -0.2) is 0 Å². The Bertz CT molecular complexity index is 1640. The second kappa shape index (κ2) is 15.8. The van der Waals surface area contributed by atoms with Crippen molar-refractivity contribution in [2.75, 3.05) is 6.61 Å². The van der Waals surface area contributed by atoms with Gasteiger partial charge >= 0.3 is 0 Å². The highest BCUT2D eigenvalue weighted by Gasteiger charge is 2.54. The topological polar surface area (TPSA) is 66.4 Å². The Morgan fingerprint density at radius 1 is 0.500 bits per heavy atom. The smallest absolute Gasteiger partial charge is 0.156 e. The van der Waals surface area contributed by atoms with Crippen LogP contribution in [0.2, 0.25) is 0 Å². The van der Waals surface area contributed by atoms with Crippen molar-refractivity contribution in [2.24, 2.45) is 0 Å². The van der Waals surface area contributed by atoms with E-state index >= 15 is 0 Å². The molecular formula is C40H40O6. The monoisotopic (exact) mass is 616 g/mol. The average molecular weight is 617 g/mol. The number of benzene rings is 5. The Hall–Kier alpha value is -4.30. The SMILES string of the molecule is C=CCO[C@H]1[C@H](O)[C@@H](OCc2ccccc2)[C@H](OCc2ccccc2)[C@@H](OCc2ccccc2)[C@H]1Oc1ccc2ccccc2c1. The highest BCUT2D eigenvalue weighted by molar-refractivity contribution is 5.83. The number of aliphatic hydroxyl groups is 1. The first-order valence-corrected chi connectivity index (χ1v) is 15.7.